The van der Waals surface area contributed by atoms with Crippen molar-refractivity contribution in [3.8, 4) is 0 Å². The normalized spacial score (nSPS) is 21.9. The smallest absolute Gasteiger partial charge is 0.324 e. The third-order valence-electron chi connectivity index (χ3n) is 2.81. The van der Waals surface area contributed by atoms with E-state index in [0.29, 0.717) is 25.9 Å². The van der Waals surface area contributed by atoms with Crippen LogP contribution in [0.4, 0.5) is 0 Å². The van der Waals surface area contributed by atoms with Gasteiger partial charge in [-0.05, 0) is 26.7 Å². The molecule has 1 fully saturated rings. The molecule has 1 aliphatic heterocycles. The number of hydroxylamine groups is 2. The van der Waals surface area contributed by atoms with Crippen LogP contribution in [0.2, 0.25) is 0 Å². The molecule has 5 heteroatoms. The van der Waals surface area contributed by atoms with Gasteiger partial charge in [0.1, 0.15) is 5.54 Å². The first-order valence-corrected chi connectivity index (χ1v) is 5.30. The van der Waals surface area contributed by atoms with Crippen molar-refractivity contribution in [3.05, 3.63) is 0 Å². The maximum absolute atomic E-state index is 11.3. The van der Waals surface area contributed by atoms with E-state index in [-0.39, 0.29) is 6.04 Å². The maximum Gasteiger partial charge on any atom is 0.324 e. The molecule has 0 aliphatic carbocycles. The summed E-state index contributed by atoms with van der Waals surface area (Å²) < 4.78 is 0. The fourth-order valence-electron chi connectivity index (χ4n) is 2.02. The van der Waals surface area contributed by atoms with Crippen LogP contribution in [0.5, 0.6) is 0 Å². The highest BCUT2D eigenvalue weighted by Gasteiger charge is 2.41. The summed E-state index contributed by atoms with van der Waals surface area (Å²) in [6, 6.07) is 0.176. The molecule has 1 rings (SSSR count). The van der Waals surface area contributed by atoms with Crippen molar-refractivity contribution in [1.82, 2.24) is 10.4 Å². The van der Waals surface area contributed by atoms with Gasteiger partial charge in [0.25, 0.3) is 0 Å². The molecule has 1 aliphatic rings. The number of piperidine rings is 1. The predicted octanol–water partition coefficient (Wildman–Crippen LogP) is 0.465. The topological polar surface area (TPSA) is 61.8 Å². The van der Waals surface area contributed by atoms with Crippen LogP contribution in [0.15, 0.2) is 0 Å². The molecule has 1 heterocycles. The molecule has 0 saturated carbocycles. The summed E-state index contributed by atoms with van der Waals surface area (Å²) in [6.07, 6.45) is 1.16. The van der Waals surface area contributed by atoms with Crippen molar-refractivity contribution < 1.29 is 14.7 Å². The van der Waals surface area contributed by atoms with E-state index in [1.165, 1.54) is 0 Å². The molecule has 0 atom stereocenters. The van der Waals surface area contributed by atoms with Gasteiger partial charge in [-0.2, -0.15) is 5.06 Å². The molecule has 0 aromatic carbocycles. The van der Waals surface area contributed by atoms with Crippen LogP contribution in [0.3, 0.4) is 0 Å². The summed E-state index contributed by atoms with van der Waals surface area (Å²) in [5, 5.41) is 14.2. The second kappa shape index (κ2) is 4.92. The molecular formula is C10H20N2O3. The van der Waals surface area contributed by atoms with Crippen LogP contribution in [0, 0.1) is 0 Å². The summed E-state index contributed by atoms with van der Waals surface area (Å²) >= 11 is 0. The largest absolute Gasteiger partial charge is 0.480 e. The Kier molecular flexibility index (Phi) is 4.07. The number of carbonyl (C=O) groups is 1. The summed E-state index contributed by atoms with van der Waals surface area (Å²) in [6.45, 7) is 5.24. The number of nitrogens with one attached hydrogen (secondary N) is 1. The molecule has 0 aromatic rings. The van der Waals surface area contributed by atoms with Gasteiger partial charge < -0.3 is 9.94 Å². The van der Waals surface area contributed by atoms with E-state index in [1.807, 2.05) is 13.8 Å². The molecule has 0 radical (unpaired) electrons. The second-order valence-corrected chi connectivity index (χ2v) is 4.30. The van der Waals surface area contributed by atoms with Gasteiger partial charge in [0.2, 0.25) is 0 Å². The van der Waals surface area contributed by atoms with Gasteiger partial charge in [-0.25, -0.2) is 0 Å². The maximum atomic E-state index is 11.3. The van der Waals surface area contributed by atoms with Crippen molar-refractivity contribution in [2.24, 2.45) is 0 Å². The van der Waals surface area contributed by atoms with Crippen molar-refractivity contribution in [1.29, 1.82) is 0 Å². The van der Waals surface area contributed by atoms with Gasteiger partial charge in [-0.1, -0.05) is 0 Å². The van der Waals surface area contributed by atoms with Crippen LogP contribution in [-0.4, -0.2) is 47.9 Å². The lowest BCUT2D eigenvalue weighted by Crippen LogP contribution is -2.60. The quantitative estimate of drug-likeness (QED) is 0.715. The van der Waals surface area contributed by atoms with Crippen LogP contribution in [0.25, 0.3) is 0 Å². The Morgan fingerprint density at radius 2 is 2.00 bits per heavy atom. The average molecular weight is 216 g/mol. The van der Waals surface area contributed by atoms with Gasteiger partial charge >= 0.3 is 5.97 Å². The minimum absolute atomic E-state index is 0.176. The van der Waals surface area contributed by atoms with Crippen LogP contribution in [0.1, 0.15) is 26.7 Å². The summed E-state index contributed by atoms with van der Waals surface area (Å²) in [4.78, 5) is 16.4. The van der Waals surface area contributed by atoms with E-state index in [9.17, 15) is 9.90 Å². The van der Waals surface area contributed by atoms with E-state index in [4.69, 9.17) is 4.84 Å². The van der Waals surface area contributed by atoms with Crippen LogP contribution < -0.4 is 5.32 Å². The van der Waals surface area contributed by atoms with E-state index in [0.717, 1.165) is 0 Å². The molecule has 0 aromatic heterocycles. The molecule has 5 nitrogen and oxygen atoms in total. The lowest BCUT2D eigenvalue weighted by atomic mass is 9.87. The lowest BCUT2D eigenvalue weighted by Gasteiger charge is -2.39. The van der Waals surface area contributed by atoms with Crippen molar-refractivity contribution in [2.45, 2.75) is 38.3 Å². The minimum Gasteiger partial charge on any atom is -0.480 e. The first-order valence-electron chi connectivity index (χ1n) is 5.30. The number of nitrogens with zero attached hydrogens (tertiary/aromatic N) is 1. The fourth-order valence-corrected chi connectivity index (χ4v) is 2.02. The number of carboxylic acid groups (broad SMARTS) is 1. The van der Waals surface area contributed by atoms with E-state index >= 15 is 0 Å². The highest BCUT2D eigenvalue weighted by Crippen LogP contribution is 2.23. The van der Waals surface area contributed by atoms with E-state index < -0.39 is 11.5 Å². The van der Waals surface area contributed by atoms with Crippen molar-refractivity contribution in [3.63, 3.8) is 0 Å². The molecule has 88 valence electrons. The van der Waals surface area contributed by atoms with E-state index in [1.54, 1.807) is 12.2 Å². The SMILES string of the molecule is CON1CCC(NC(C)C)(C(=O)O)CC1. The Morgan fingerprint density at radius 3 is 2.33 bits per heavy atom. The Bertz CT molecular complexity index is 223. The number of aliphatic carboxylic acids is 1. The van der Waals surface area contributed by atoms with Crippen LogP contribution in [-0.2, 0) is 9.63 Å². The molecule has 0 unspecified atom stereocenters. The first kappa shape index (κ1) is 12.4. The van der Waals surface area contributed by atoms with Gasteiger partial charge in [-0.3, -0.25) is 10.1 Å². The highest BCUT2D eigenvalue weighted by atomic mass is 16.7. The summed E-state index contributed by atoms with van der Waals surface area (Å²) in [5.41, 5.74) is -0.775. The number of hydrogen-bond donors (Lipinski definition) is 2. The Hall–Kier alpha value is -0.650. The zero-order valence-corrected chi connectivity index (χ0v) is 9.62. The zero-order valence-electron chi connectivity index (χ0n) is 9.62. The average Bonchev–Trinajstić information content (AvgIpc) is 2.17. The molecule has 2 N–H and O–H groups in total. The predicted molar refractivity (Wildman–Crippen MR) is 56.5 cm³/mol. The van der Waals surface area contributed by atoms with Crippen molar-refractivity contribution >= 4 is 5.97 Å². The lowest BCUT2D eigenvalue weighted by molar-refractivity contribution is -0.168. The summed E-state index contributed by atoms with van der Waals surface area (Å²) in [7, 11) is 1.61. The Labute approximate surface area is 90.4 Å². The molecule has 0 bridgehead atoms. The molecule has 15 heavy (non-hydrogen) atoms. The van der Waals surface area contributed by atoms with Crippen LogP contribution >= 0.6 is 0 Å². The molecule has 1 saturated heterocycles. The third kappa shape index (κ3) is 2.90. The number of rotatable bonds is 4. The summed E-state index contributed by atoms with van der Waals surface area (Å²) in [5.74, 6) is -0.757. The first-order chi connectivity index (χ1) is 7.00. The van der Waals surface area contributed by atoms with Gasteiger partial charge in [0, 0.05) is 19.1 Å². The molecular weight excluding hydrogens is 196 g/mol. The zero-order chi connectivity index (χ0) is 11.5. The monoisotopic (exact) mass is 216 g/mol. The fraction of sp³-hybridized carbons (Fsp3) is 0.900. The van der Waals surface area contributed by atoms with Gasteiger partial charge in [0.15, 0.2) is 0 Å². The van der Waals surface area contributed by atoms with Crippen molar-refractivity contribution in [2.75, 3.05) is 20.2 Å². The number of carboxylic acids is 1. The van der Waals surface area contributed by atoms with E-state index in [2.05, 4.69) is 5.32 Å². The highest BCUT2D eigenvalue weighted by molar-refractivity contribution is 5.79. The number of hydrogen-bond acceptors (Lipinski definition) is 4. The Morgan fingerprint density at radius 1 is 1.47 bits per heavy atom. The standard InChI is InChI=1S/C10H20N2O3/c1-8(2)11-10(9(13)14)4-6-12(15-3)7-5-10/h8,11H,4-7H2,1-3H3,(H,13,14). The second-order valence-electron chi connectivity index (χ2n) is 4.30. The minimum atomic E-state index is -0.775. The Balaban J connectivity index is 2.65. The third-order valence-corrected chi connectivity index (χ3v) is 2.81. The molecule has 0 amide bonds. The van der Waals surface area contributed by atoms with Gasteiger partial charge in [-0.15, -0.1) is 0 Å². The van der Waals surface area contributed by atoms with Gasteiger partial charge in [0.05, 0.1) is 7.11 Å². The molecule has 0 spiro atoms.